The molecule has 4 heteroatoms. The summed E-state index contributed by atoms with van der Waals surface area (Å²) in [6.07, 6.45) is 0. The maximum atomic E-state index is 13.0. The van der Waals surface area contributed by atoms with Crippen molar-refractivity contribution in [3.05, 3.63) is 34.1 Å². The lowest BCUT2D eigenvalue weighted by atomic mass is 10.1. The summed E-state index contributed by atoms with van der Waals surface area (Å²) in [7, 11) is 0. The van der Waals surface area contributed by atoms with Crippen LogP contribution in [0, 0.1) is 12.7 Å². The van der Waals surface area contributed by atoms with Gasteiger partial charge in [0.15, 0.2) is 0 Å². The molecule has 66 valence electrons. The van der Waals surface area contributed by atoms with Crippen LogP contribution in [0.1, 0.15) is 11.1 Å². The van der Waals surface area contributed by atoms with Gasteiger partial charge in [0.05, 0.1) is 0 Å². The molecule has 0 aliphatic rings. The topological polar surface area (TPSA) is 32.3 Å². The highest BCUT2D eigenvalue weighted by Crippen LogP contribution is 2.20. The van der Waals surface area contributed by atoms with Gasteiger partial charge in [-0.25, -0.2) is 9.87 Å². The molecule has 0 saturated heterocycles. The van der Waals surface area contributed by atoms with Crippen LogP contribution in [0.15, 0.2) is 12.1 Å². The second kappa shape index (κ2) is 3.85. The number of benzene rings is 1. The largest absolute Gasteiger partial charge is 0.316 e. The van der Waals surface area contributed by atoms with E-state index in [0.29, 0.717) is 16.1 Å². The molecule has 0 spiro atoms. The van der Waals surface area contributed by atoms with E-state index in [1.807, 2.05) is 5.48 Å². The van der Waals surface area contributed by atoms with Crippen LogP contribution in [0.25, 0.3) is 0 Å². The smallest absolute Gasteiger partial charge is 0.127 e. The molecular weight excluding hydrogens is 181 g/mol. The van der Waals surface area contributed by atoms with Crippen LogP contribution in [0.3, 0.4) is 0 Å². The van der Waals surface area contributed by atoms with Gasteiger partial charge >= 0.3 is 0 Å². The van der Waals surface area contributed by atoms with Crippen molar-refractivity contribution < 1.29 is 9.60 Å². The predicted octanol–water partition coefficient (Wildman–Crippen LogP) is 2.27. The zero-order valence-corrected chi connectivity index (χ0v) is 7.32. The van der Waals surface area contributed by atoms with Crippen LogP contribution in [0.5, 0.6) is 0 Å². The zero-order valence-electron chi connectivity index (χ0n) is 6.56. The Bertz CT molecular complexity index is 267. The fourth-order valence-electron chi connectivity index (χ4n) is 0.891. The Morgan fingerprint density at radius 1 is 1.58 bits per heavy atom. The van der Waals surface area contributed by atoms with Crippen LogP contribution in [-0.2, 0) is 6.54 Å². The van der Waals surface area contributed by atoms with Gasteiger partial charge in [-0.3, -0.25) is 0 Å². The van der Waals surface area contributed by atoms with Crippen molar-refractivity contribution in [2.45, 2.75) is 13.5 Å². The van der Waals surface area contributed by atoms with Crippen LogP contribution in [0.4, 0.5) is 4.39 Å². The van der Waals surface area contributed by atoms with Gasteiger partial charge in [0.1, 0.15) is 5.82 Å². The zero-order chi connectivity index (χ0) is 9.14. The Hall–Kier alpha value is -0.640. The Kier molecular flexibility index (Phi) is 3.03. The van der Waals surface area contributed by atoms with E-state index >= 15 is 0 Å². The van der Waals surface area contributed by atoms with E-state index in [2.05, 4.69) is 0 Å². The number of hydrogen-bond donors (Lipinski definition) is 2. The molecule has 0 atom stereocenters. The Labute approximate surface area is 74.9 Å². The monoisotopic (exact) mass is 189 g/mol. The highest BCUT2D eigenvalue weighted by molar-refractivity contribution is 6.31. The molecule has 2 N–H and O–H groups in total. The minimum absolute atomic E-state index is 0.191. The highest BCUT2D eigenvalue weighted by Gasteiger charge is 2.04. The second-order valence-corrected chi connectivity index (χ2v) is 2.93. The third kappa shape index (κ3) is 1.94. The predicted molar refractivity (Wildman–Crippen MR) is 44.8 cm³/mol. The molecule has 0 radical (unpaired) electrons. The third-order valence-corrected chi connectivity index (χ3v) is 2.02. The Morgan fingerprint density at radius 3 is 2.75 bits per heavy atom. The fourth-order valence-corrected chi connectivity index (χ4v) is 1.12. The molecule has 0 aromatic heterocycles. The summed E-state index contributed by atoms with van der Waals surface area (Å²) >= 11 is 5.71. The van der Waals surface area contributed by atoms with E-state index in [4.69, 9.17) is 16.8 Å². The standard InChI is InChI=1S/C8H9ClFNO/c1-5-7(9)2-6(4-11-12)3-8(5)10/h2-3,11-12H,4H2,1H3. The summed E-state index contributed by atoms with van der Waals surface area (Å²) in [5, 5.41) is 8.73. The molecule has 0 aliphatic heterocycles. The van der Waals surface area contributed by atoms with Crippen molar-refractivity contribution in [3.8, 4) is 0 Å². The average molecular weight is 190 g/mol. The van der Waals surface area contributed by atoms with Crippen molar-refractivity contribution in [2.24, 2.45) is 0 Å². The molecule has 0 amide bonds. The first kappa shape index (κ1) is 9.45. The highest BCUT2D eigenvalue weighted by atomic mass is 35.5. The van der Waals surface area contributed by atoms with E-state index in [1.165, 1.54) is 6.07 Å². The first-order valence-electron chi connectivity index (χ1n) is 3.46. The number of hydrogen-bond acceptors (Lipinski definition) is 2. The summed E-state index contributed by atoms with van der Waals surface area (Å²) in [6.45, 7) is 1.80. The van der Waals surface area contributed by atoms with Gasteiger partial charge in [-0.15, -0.1) is 0 Å². The van der Waals surface area contributed by atoms with E-state index in [1.54, 1.807) is 13.0 Å². The maximum absolute atomic E-state index is 13.0. The van der Waals surface area contributed by atoms with Gasteiger partial charge in [0, 0.05) is 17.1 Å². The molecule has 0 fully saturated rings. The van der Waals surface area contributed by atoms with Crippen molar-refractivity contribution in [1.82, 2.24) is 5.48 Å². The average Bonchev–Trinajstić information content (AvgIpc) is 2.01. The minimum Gasteiger partial charge on any atom is -0.316 e. The van der Waals surface area contributed by atoms with Crippen LogP contribution in [-0.4, -0.2) is 5.21 Å². The molecule has 1 aromatic carbocycles. The lowest BCUT2D eigenvalue weighted by Crippen LogP contribution is -2.06. The summed E-state index contributed by atoms with van der Waals surface area (Å²) in [6, 6.07) is 2.95. The molecule has 0 saturated carbocycles. The van der Waals surface area contributed by atoms with E-state index in [0.717, 1.165) is 0 Å². The molecule has 1 aromatic rings. The molecule has 12 heavy (non-hydrogen) atoms. The molecule has 0 heterocycles. The maximum Gasteiger partial charge on any atom is 0.127 e. The van der Waals surface area contributed by atoms with Crippen LogP contribution >= 0.6 is 11.6 Å². The van der Waals surface area contributed by atoms with Gasteiger partial charge in [-0.1, -0.05) is 11.6 Å². The summed E-state index contributed by atoms with van der Waals surface area (Å²) in [4.78, 5) is 0. The Morgan fingerprint density at radius 2 is 2.25 bits per heavy atom. The van der Waals surface area contributed by atoms with E-state index in [-0.39, 0.29) is 12.4 Å². The van der Waals surface area contributed by atoms with Crippen molar-refractivity contribution in [3.63, 3.8) is 0 Å². The minimum atomic E-state index is -0.354. The summed E-state index contributed by atoms with van der Waals surface area (Å²) in [5.41, 5.74) is 2.98. The first-order valence-corrected chi connectivity index (χ1v) is 3.84. The van der Waals surface area contributed by atoms with Crippen molar-refractivity contribution in [1.29, 1.82) is 0 Å². The van der Waals surface area contributed by atoms with Crippen LogP contribution < -0.4 is 5.48 Å². The van der Waals surface area contributed by atoms with E-state index < -0.39 is 0 Å². The van der Waals surface area contributed by atoms with E-state index in [9.17, 15) is 4.39 Å². The fraction of sp³-hybridized carbons (Fsp3) is 0.250. The first-order chi connectivity index (χ1) is 5.65. The molecular formula is C8H9ClFNO. The number of halogens is 2. The van der Waals surface area contributed by atoms with Crippen LogP contribution in [0.2, 0.25) is 5.02 Å². The van der Waals surface area contributed by atoms with Crippen molar-refractivity contribution in [2.75, 3.05) is 0 Å². The number of hydroxylamine groups is 1. The quantitative estimate of drug-likeness (QED) is 0.700. The molecule has 0 unspecified atom stereocenters. The molecule has 2 nitrogen and oxygen atoms in total. The van der Waals surface area contributed by atoms with Gasteiger partial charge in [-0.2, -0.15) is 0 Å². The Balaban J connectivity index is 3.04. The second-order valence-electron chi connectivity index (χ2n) is 2.52. The molecule has 1 rings (SSSR count). The molecule has 0 aliphatic carbocycles. The van der Waals surface area contributed by atoms with Gasteiger partial charge in [0.25, 0.3) is 0 Å². The normalized spacial score (nSPS) is 10.3. The number of rotatable bonds is 2. The lowest BCUT2D eigenvalue weighted by molar-refractivity contribution is 0.161. The summed E-state index contributed by atoms with van der Waals surface area (Å²) < 4.78 is 13.0. The SMILES string of the molecule is Cc1c(F)cc(CNO)cc1Cl. The number of nitrogens with one attached hydrogen (secondary N) is 1. The lowest BCUT2D eigenvalue weighted by Gasteiger charge is -2.03. The van der Waals surface area contributed by atoms with Gasteiger partial charge in [-0.05, 0) is 24.6 Å². The molecule has 0 bridgehead atoms. The third-order valence-electron chi connectivity index (χ3n) is 1.62. The van der Waals surface area contributed by atoms with Gasteiger partial charge < -0.3 is 5.21 Å². The summed E-state index contributed by atoms with van der Waals surface area (Å²) in [5.74, 6) is -0.354. The van der Waals surface area contributed by atoms with Gasteiger partial charge in [0.2, 0.25) is 0 Å². The van der Waals surface area contributed by atoms with Crippen molar-refractivity contribution >= 4 is 11.6 Å².